The zero-order valence-electron chi connectivity index (χ0n) is 12.4. The van der Waals surface area contributed by atoms with Crippen LogP contribution in [0, 0.1) is 0 Å². The van der Waals surface area contributed by atoms with Crippen molar-refractivity contribution in [2.45, 2.75) is 13.0 Å². The van der Waals surface area contributed by atoms with E-state index in [9.17, 15) is 9.59 Å². The number of hydrogen-bond donors (Lipinski definition) is 0. The SMILES string of the molecule is COC(=O)C1=C(C)N(C)C(=O)N(C)[C@H]1c1ccc(Br)cc1. The highest BCUT2D eigenvalue weighted by Gasteiger charge is 2.38. The monoisotopic (exact) mass is 352 g/mol. The number of nitrogens with zero attached hydrogens (tertiary/aromatic N) is 2. The van der Waals surface area contributed by atoms with Crippen molar-refractivity contribution in [3.8, 4) is 0 Å². The summed E-state index contributed by atoms with van der Waals surface area (Å²) >= 11 is 3.38. The highest BCUT2D eigenvalue weighted by Crippen LogP contribution is 2.36. The lowest BCUT2D eigenvalue weighted by Gasteiger charge is -2.39. The summed E-state index contributed by atoms with van der Waals surface area (Å²) in [5.74, 6) is -0.424. The van der Waals surface area contributed by atoms with Gasteiger partial charge in [-0.1, -0.05) is 28.1 Å². The van der Waals surface area contributed by atoms with E-state index in [-0.39, 0.29) is 6.03 Å². The van der Waals surface area contributed by atoms with E-state index in [4.69, 9.17) is 4.74 Å². The van der Waals surface area contributed by atoms with Crippen molar-refractivity contribution in [2.24, 2.45) is 0 Å². The third-order valence-corrected chi connectivity index (χ3v) is 4.26. The molecule has 0 radical (unpaired) electrons. The number of benzene rings is 1. The number of hydrogen-bond acceptors (Lipinski definition) is 3. The smallest absolute Gasteiger partial charge is 0.337 e. The number of allylic oxidation sites excluding steroid dienone is 1. The zero-order chi connectivity index (χ0) is 15.7. The van der Waals surface area contributed by atoms with Gasteiger partial charge in [0.25, 0.3) is 0 Å². The Bertz CT molecular complexity index is 610. The molecule has 1 aliphatic heterocycles. The summed E-state index contributed by atoms with van der Waals surface area (Å²) in [7, 11) is 4.67. The summed E-state index contributed by atoms with van der Waals surface area (Å²) in [5.41, 5.74) is 1.95. The van der Waals surface area contributed by atoms with Gasteiger partial charge in [-0.25, -0.2) is 9.59 Å². The second kappa shape index (κ2) is 5.89. The Morgan fingerprint density at radius 1 is 1.24 bits per heavy atom. The van der Waals surface area contributed by atoms with Crippen molar-refractivity contribution in [2.75, 3.05) is 21.2 Å². The van der Waals surface area contributed by atoms with Gasteiger partial charge in [-0.15, -0.1) is 0 Å². The van der Waals surface area contributed by atoms with E-state index in [0.717, 1.165) is 10.0 Å². The first kappa shape index (κ1) is 15.6. The van der Waals surface area contributed by atoms with Crippen LogP contribution >= 0.6 is 15.9 Å². The molecule has 1 aliphatic rings. The molecule has 0 N–H and O–H groups in total. The van der Waals surface area contributed by atoms with Crippen molar-refractivity contribution in [3.63, 3.8) is 0 Å². The van der Waals surface area contributed by atoms with Crippen LogP contribution in [0.15, 0.2) is 40.0 Å². The molecule has 2 amide bonds. The van der Waals surface area contributed by atoms with Gasteiger partial charge in [0.1, 0.15) is 0 Å². The Kier molecular flexibility index (Phi) is 4.37. The lowest BCUT2D eigenvalue weighted by molar-refractivity contribution is -0.137. The molecule has 0 aliphatic carbocycles. The molecule has 1 heterocycles. The molecular formula is C15H17BrN2O3. The fraction of sp³-hybridized carbons (Fsp3) is 0.333. The lowest BCUT2D eigenvalue weighted by atomic mass is 9.94. The summed E-state index contributed by atoms with van der Waals surface area (Å²) in [6.45, 7) is 1.75. The molecule has 0 fully saturated rings. The van der Waals surface area contributed by atoms with Crippen LogP contribution in [-0.2, 0) is 9.53 Å². The van der Waals surface area contributed by atoms with Gasteiger partial charge >= 0.3 is 12.0 Å². The largest absolute Gasteiger partial charge is 0.466 e. The first-order valence-electron chi connectivity index (χ1n) is 6.43. The van der Waals surface area contributed by atoms with Crippen LogP contribution in [0.25, 0.3) is 0 Å². The Hall–Kier alpha value is -1.82. The molecular weight excluding hydrogens is 336 g/mol. The van der Waals surface area contributed by atoms with Crippen molar-refractivity contribution >= 4 is 27.9 Å². The molecule has 6 heteroatoms. The molecule has 1 aromatic carbocycles. The standard InChI is InChI=1S/C15H17BrN2O3/c1-9-12(14(19)21-4)13(18(3)15(20)17(9)2)10-5-7-11(16)8-6-10/h5-8,13H,1-4H3/t13-/m0/s1. The number of carbonyl (C=O) groups is 2. The number of esters is 1. The fourth-order valence-electron chi connectivity index (χ4n) is 2.47. The van der Waals surface area contributed by atoms with E-state index < -0.39 is 12.0 Å². The van der Waals surface area contributed by atoms with Crippen LogP contribution in [0.3, 0.4) is 0 Å². The van der Waals surface area contributed by atoms with Crippen molar-refractivity contribution in [1.29, 1.82) is 0 Å². The van der Waals surface area contributed by atoms with Gasteiger partial charge in [0.05, 0.1) is 18.7 Å². The summed E-state index contributed by atoms with van der Waals surface area (Å²) in [6.07, 6.45) is 0. The number of rotatable bonds is 2. The molecule has 0 unspecified atom stereocenters. The topological polar surface area (TPSA) is 49.9 Å². The average molecular weight is 353 g/mol. The maximum Gasteiger partial charge on any atom is 0.337 e. The molecule has 0 aromatic heterocycles. The number of urea groups is 1. The number of carbonyl (C=O) groups excluding carboxylic acids is 2. The Morgan fingerprint density at radius 3 is 2.33 bits per heavy atom. The van der Waals surface area contributed by atoms with Crippen LogP contribution in [-0.4, -0.2) is 43.0 Å². The average Bonchev–Trinajstić information content (AvgIpc) is 2.49. The van der Waals surface area contributed by atoms with E-state index in [0.29, 0.717) is 11.3 Å². The van der Waals surface area contributed by atoms with Crippen molar-refractivity contribution in [3.05, 3.63) is 45.6 Å². The molecule has 2 rings (SSSR count). The van der Waals surface area contributed by atoms with E-state index in [1.807, 2.05) is 24.3 Å². The van der Waals surface area contributed by atoms with E-state index in [2.05, 4.69) is 15.9 Å². The Morgan fingerprint density at radius 2 is 1.81 bits per heavy atom. The minimum absolute atomic E-state index is 0.159. The third-order valence-electron chi connectivity index (χ3n) is 3.73. The predicted molar refractivity (Wildman–Crippen MR) is 82.5 cm³/mol. The van der Waals surface area contributed by atoms with E-state index in [1.165, 1.54) is 12.0 Å². The molecule has 112 valence electrons. The zero-order valence-corrected chi connectivity index (χ0v) is 14.0. The minimum Gasteiger partial charge on any atom is -0.466 e. The number of halogens is 1. The Balaban J connectivity index is 2.60. The molecule has 1 atom stereocenters. The lowest BCUT2D eigenvalue weighted by Crippen LogP contribution is -2.47. The highest BCUT2D eigenvalue weighted by molar-refractivity contribution is 9.10. The fourth-order valence-corrected chi connectivity index (χ4v) is 2.73. The van der Waals surface area contributed by atoms with Gasteiger partial charge in [0, 0.05) is 24.3 Å². The highest BCUT2D eigenvalue weighted by atomic mass is 79.9. The van der Waals surface area contributed by atoms with E-state index >= 15 is 0 Å². The maximum atomic E-state index is 12.3. The third kappa shape index (κ3) is 2.68. The van der Waals surface area contributed by atoms with Crippen molar-refractivity contribution < 1.29 is 14.3 Å². The normalized spacial score (nSPS) is 19.1. The quantitative estimate of drug-likeness (QED) is 0.769. The predicted octanol–water partition coefficient (Wildman–Crippen LogP) is 2.93. The maximum absolute atomic E-state index is 12.3. The summed E-state index contributed by atoms with van der Waals surface area (Å²) < 4.78 is 5.84. The first-order chi connectivity index (χ1) is 9.88. The molecule has 21 heavy (non-hydrogen) atoms. The van der Waals surface area contributed by atoms with Gasteiger partial charge in [-0.3, -0.25) is 0 Å². The summed E-state index contributed by atoms with van der Waals surface area (Å²) in [6, 6.07) is 6.94. The first-order valence-corrected chi connectivity index (χ1v) is 7.22. The van der Waals surface area contributed by atoms with Crippen LogP contribution < -0.4 is 0 Å². The minimum atomic E-state index is -0.450. The van der Waals surface area contributed by atoms with Crippen LogP contribution in [0.2, 0.25) is 0 Å². The van der Waals surface area contributed by atoms with Crippen LogP contribution in [0.4, 0.5) is 4.79 Å². The molecule has 0 saturated heterocycles. The van der Waals surface area contributed by atoms with E-state index in [1.54, 1.807) is 25.9 Å². The van der Waals surface area contributed by atoms with Gasteiger partial charge in [-0.05, 0) is 24.6 Å². The molecule has 0 bridgehead atoms. The second-order valence-corrected chi connectivity index (χ2v) is 5.81. The van der Waals surface area contributed by atoms with Crippen LogP contribution in [0.5, 0.6) is 0 Å². The molecule has 0 saturated carbocycles. The van der Waals surface area contributed by atoms with Crippen molar-refractivity contribution in [1.82, 2.24) is 9.80 Å². The van der Waals surface area contributed by atoms with Gasteiger partial charge in [-0.2, -0.15) is 0 Å². The molecule has 0 spiro atoms. The van der Waals surface area contributed by atoms with Crippen LogP contribution in [0.1, 0.15) is 18.5 Å². The molecule has 1 aromatic rings. The van der Waals surface area contributed by atoms with Gasteiger partial charge in [0.15, 0.2) is 0 Å². The number of ether oxygens (including phenoxy) is 1. The Labute approximate surface area is 132 Å². The number of methoxy groups -OCH3 is 1. The summed E-state index contributed by atoms with van der Waals surface area (Å²) in [5, 5.41) is 0. The number of amides is 2. The second-order valence-electron chi connectivity index (χ2n) is 4.90. The molecule has 5 nitrogen and oxygen atoms in total. The summed E-state index contributed by atoms with van der Waals surface area (Å²) in [4.78, 5) is 27.5. The van der Waals surface area contributed by atoms with Gasteiger partial charge < -0.3 is 14.5 Å². The number of likely N-dealkylation sites (N-methyl/N-ethyl adjacent to an activating group) is 1. The van der Waals surface area contributed by atoms with Gasteiger partial charge in [0.2, 0.25) is 0 Å².